The van der Waals surface area contributed by atoms with E-state index < -0.39 is 6.23 Å². The minimum Gasteiger partial charge on any atom is -0.495 e. The highest BCUT2D eigenvalue weighted by Gasteiger charge is 2.36. The number of hydrogen-bond donors (Lipinski definition) is 3. The third-order valence-electron chi connectivity index (χ3n) is 7.44. The molecule has 39 heavy (non-hydrogen) atoms. The SMILES string of the molecule is COc1cc(OC)c(Cl)c(C2=Cc3cnc(N[C@@H]4COC[C@@H]4N)nc3N(C[C@@H]3CCN(C(C)=O)C3)C2O)c1Cl. The van der Waals surface area contributed by atoms with Crippen LogP contribution in [0.1, 0.15) is 24.5 Å². The Morgan fingerprint density at radius 1 is 1.26 bits per heavy atom. The summed E-state index contributed by atoms with van der Waals surface area (Å²) in [6.45, 7) is 4.17. The number of rotatable bonds is 7. The molecule has 2 aromatic rings. The Labute approximate surface area is 236 Å². The van der Waals surface area contributed by atoms with Crippen LogP contribution < -0.4 is 25.4 Å². The quantitative estimate of drug-likeness (QED) is 0.449. The standard InChI is InChI=1S/C26H32Cl2N6O5/c1-13(35)33-5-4-14(9-33)10-34-24-15(8-30-26(32-24)31-18-12-39-11-17(18)29)6-16(25(34)36)21-22(27)19(37-2)7-20(38-3)23(21)28/h6-8,14,17-18,25,36H,4-5,9-12,29H2,1-3H3,(H,30,31,32)/t14-,17+,18-,25?/m1/s1. The number of carbonyl (C=O) groups is 1. The number of likely N-dealkylation sites (tertiary alicyclic amines) is 1. The van der Waals surface area contributed by atoms with Crippen molar-refractivity contribution in [2.45, 2.75) is 31.7 Å². The maximum atomic E-state index is 12.0. The topological polar surface area (TPSA) is 135 Å². The van der Waals surface area contributed by atoms with Crippen LogP contribution in [0, 0.1) is 5.92 Å². The van der Waals surface area contributed by atoms with Crippen LogP contribution in [0.4, 0.5) is 11.8 Å². The van der Waals surface area contributed by atoms with E-state index in [-0.39, 0.29) is 34.0 Å². The van der Waals surface area contributed by atoms with Crippen molar-refractivity contribution in [1.82, 2.24) is 14.9 Å². The molecule has 0 radical (unpaired) electrons. The second-order valence-electron chi connectivity index (χ2n) is 9.95. The van der Waals surface area contributed by atoms with E-state index in [1.165, 1.54) is 14.2 Å². The van der Waals surface area contributed by atoms with E-state index in [4.69, 9.17) is 48.1 Å². The smallest absolute Gasteiger partial charge is 0.224 e. The van der Waals surface area contributed by atoms with E-state index in [2.05, 4.69) is 10.3 Å². The van der Waals surface area contributed by atoms with Crippen molar-refractivity contribution in [3.63, 3.8) is 0 Å². The number of nitrogens with zero attached hydrogens (tertiary/aromatic N) is 4. The third-order valence-corrected chi connectivity index (χ3v) is 8.19. The fraction of sp³-hybridized carbons (Fsp3) is 0.500. The summed E-state index contributed by atoms with van der Waals surface area (Å²) in [6, 6.07) is 1.29. The van der Waals surface area contributed by atoms with Gasteiger partial charge in [0.05, 0.1) is 49.6 Å². The van der Waals surface area contributed by atoms with Crippen molar-refractivity contribution in [1.29, 1.82) is 0 Å². The number of aliphatic hydroxyl groups excluding tert-OH is 1. The van der Waals surface area contributed by atoms with Crippen LogP contribution in [0.3, 0.4) is 0 Å². The molecule has 4 N–H and O–H groups in total. The van der Waals surface area contributed by atoms with E-state index in [1.54, 1.807) is 30.2 Å². The number of halogens is 2. The first-order valence-electron chi connectivity index (χ1n) is 12.7. The van der Waals surface area contributed by atoms with Gasteiger partial charge in [-0.1, -0.05) is 23.2 Å². The zero-order chi connectivity index (χ0) is 27.8. The molecule has 1 aromatic carbocycles. The molecule has 0 saturated carbocycles. The Morgan fingerprint density at radius 2 is 1.97 bits per heavy atom. The van der Waals surface area contributed by atoms with Crippen LogP contribution in [-0.4, -0.2) is 91.3 Å². The Bertz CT molecular complexity index is 1270. The summed E-state index contributed by atoms with van der Waals surface area (Å²) >= 11 is 13.5. The molecule has 4 heterocycles. The van der Waals surface area contributed by atoms with Crippen molar-refractivity contribution < 1.29 is 24.1 Å². The van der Waals surface area contributed by atoms with Crippen molar-refractivity contribution in [3.05, 3.63) is 33.4 Å². The molecule has 0 aliphatic carbocycles. The molecule has 1 amide bonds. The van der Waals surface area contributed by atoms with Gasteiger partial charge >= 0.3 is 0 Å². The maximum absolute atomic E-state index is 12.0. The number of benzene rings is 1. The molecule has 3 aliphatic heterocycles. The average Bonchev–Trinajstić information content (AvgIpc) is 3.56. The molecule has 1 aromatic heterocycles. The summed E-state index contributed by atoms with van der Waals surface area (Å²) < 4.78 is 16.4. The van der Waals surface area contributed by atoms with Gasteiger partial charge in [-0.05, 0) is 18.4 Å². The zero-order valence-electron chi connectivity index (χ0n) is 22.0. The van der Waals surface area contributed by atoms with Crippen LogP contribution in [0.15, 0.2) is 12.3 Å². The average molecular weight is 579 g/mol. The predicted molar refractivity (Wildman–Crippen MR) is 149 cm³/mol. The largest absolute Gasteiger partial charge is 0.495 e. The summed E-state index contributed by atoms with van der Waals surface area (Å²) in [6.07, 6.45) is 3.10. The highest BCUT2D eigenvalue weighted by atomic mass is 35.5. The lowest BCUT2D eigenvalue weighted by molar-refractivity contribution is -0.127. The number of nitrogens with two attached hydrogens (primary N) is 1. The third kappa shape index (κ3) is 5.33. The highest BCUT2D eigenvalue weighted by molar-refractivity contribution is 6.40. The summed E-state index contributed by atoms with van der Waals surface area (Å²) in [5.74, 6) is 1.78. The first-order valence-corrected chi connectivity index (χ1v) is 13.5. The predicted octanol–water partition coefficient (Wildman–Crippen LogP) is 2.49. The lowest BCUT2D eigenvalue weighted by atomic mass is 9.95. The van der Waals surface area contributed by atoms with Gasteiger partial charge in [-0.15, -0.1) is 0 Å². The number of aromatic nitrogens is 2. The lowest BCUT2D eigenvalue weighted by Gasteiger charge is -2.37. The lowest BCUT2D eigenvalue weighted by Crippen LogP contribution is -2.43. The number of aliphatic hydroxyl groups is 1. The van der Waals surface area contributed by atoms with Gasteiger partial charge in [-0.3, -0.25) is 4.79 Å². The van der Waals surface area contributed by atoms with Gasteiger partial charge in [0, 0.05) is 55.5 Å². The summed E-state index contributed by atoms with van der Waals surface area (Å²) in [5, 5.41) is 15.6. The van der Waals surface area contributed by atoms with Crippen molar-refractivity contribution in [3.8, 4) is 11.5 Å². The number of amides is 1. The number of anilines is 2. The van der Waals surface area contributed by atoms with Crippen LogP contribution in [0.25, 0.3) is 11.6 Å². The zero-order valence-corrected chi connectivity index (χ0v) is 23.5. The Morgan fingerprint density at radius 3 is 2.56 bits per heavy atom. The molecule has 5 rings (SSSR count). The van der Waals surface area contributed by atoms with Crippen molar-refractivity contribution in [2.75, 3.05) is 57.3 Å². The number of methoxy groups -OCH3 is 2. The monoisotopic (exact) mass is 578 g/mol. The molecule has 210 valence electrons. The van der Waals surface area contributed by atoms with Crippen LogP contribution in [0.5, 0.6) is 11.5 Å². The van der Waals surface area contributed by atoms with Crippen molar-refractivity contribution >= 4 is 52.5 Å². The minimum atomic E-state index is -1.16. The Hall–Kier alpha value is -2.83. The maximum Gasteiger partial charge on any atom is 0.224 e. The number of carbonyl (C=O) groups excluding carboxylic acids is 1. The van der Waals surface area contributed by atoms with Gasteiger partial charge in [0.25, 0.3) is 0 Å². The van der Waals surface area contributed by atoms with Gasteiger partial charge in [-0.25, -0.2) is 4.98 Å². The molecule has 1 unspecified atom stereocenters. The molecule has 2 fully saturated rings. The van der Waals surface area contributed by atoms with Crippen molar-refractivity contribution in [2.24, 2.45) is 11.7 Å². The second kappa shape index (κ2) is 11.3. The minimum absolute atomic E-state index is 0.0312. The van der Waals surface area contributed by atoms with E-state index in [0.29, 0.717) is 72.8 Å². The van der Waals surface area contributed by atoms with Gasteiger partial charge in [-0.2, -0.15) is 4.98 Å². The van der Waals surface area contributed by atoms with E-state index >= 15 is 0 Å². The summed E-state index contributed by atoms with van der Waals surface area (Å²) in [7, 11) is 2.99. The van der Waals surface area contributed by atoms with Crippen LogP contribution in [-0.2, 0) is 9.53 Å². The molecule has 0 spiro atoms. The Kier molecular flexibility index (Phi) is 8.06. The molecule has 11 nitrogen and oxygen atoms in total. The molecular weight excluding hydrogens is 547 g/mol. The molecule has 2 saturated heterocycles. The highest BCUT2D eigenvalue weighted by Crippen LogP contribution is 2.47. The van der Waals surface area contributed by atoms with E-state index in [0.717, 1.165) is 6.42 Å². The normalized spacial score (nSPS) is 24.4. The molecular formula is C26H32Cl2N6O5. The fourth-order valence-corrected chi connectivity index (χ4v) is 5.99. The van der Waals surface area contributed by atoms with Gasteiger partial charge in [0.1, 0.15) is 17.3 Å². The van der Waals surface area contributed by atoms with Crippen LogP contribution in [0.2, 0.25) is 10.0 Å². The molecule has 0 bridgehead atoms. The fourth-order valence-electron chi connectivity index (χ4n) is 5.27. The molecule has 13 heteroatoms. The molecule has 4 atom stereocenters. The number of ether oxygens (including phenoxy) is 3. The first-order chi connectivity index (χ1) is 18.7. The Balaban J connectivity index is 1.57. The van der Waals surface area contributed by atoms with E-state index in [9.17, 15) is 9.90 Å². The van der Waals surface area contributed by atoms with Crippen LogP contribution >= 0.6 is 23.2 Å². The van der Waals surface area contributed by atoms with Gasteiger partial charge < -0.3 is 40.2 Å². The summed E-state index contributed by atoms with van der Waals surface area (Å²) in [5.41, 5.74) is 7.65. The van der Waals surface area contributed by atoms with Gasteiger partial charge in [0.15, 0.2) is 6.23 Å². The number of hydrogen-bond acceptors (Lipinski definition) is 10. The summed E-state index contributed by atoms with van der Waals surface area (Å²) in [4.78, 5) is 24.9. The van der Waals surface area contributed by atoms with Gasteiger partial charge in [0.2, 0.25) is 11.9 Å². The second-order valence-corrected chi connectivity index (χ2v) is 10.7. The number of nitrogens with one attached hydrogen (secondary N) is 1. The number of fused-ring (bicyclic) bond motifs is 1. The molecule has 3 aliphatic rings. The van der Waals surface area contributed by atoms with E-state index in [1.807, 2.05) is 4.90 Å². The first kappa shape index (κ1) is 27.7.